The number of fused-ring (bicyclic) bond motifs is 4. The van der Waals surface area contributed by atoms with E-state index in [0.29, 0.717) is 0 Å². The predicted octanol–water partition coefficient (Wildman–Crippen LogP) is 15.2. The number of hydrogen-bond acceptors (Lipinski definition) is 0. The van der Waals surface area contributed by atoms with Crippen LogP contribution in [-0.2, 0) is 74.2 Å². The van der Waals surface area contributed by atoms with Gasteiger partial charge in [0.05, 0.1) is 0 Å². The molecule has 4 heteroatoms. The molecule has 0 saturated carbocycles. The summed E-state index contributed by atoms with van der Waals surface area (Å²) in [7, 11) is 0. The average molecular weight is 1270 g/mol. The molecule has 416 valence electrons. The Morgan fingerprint density at radius 3 is 0.634 bits per heavy atom. The molecule has 0 aliphatic carbocycles. The molecule has 0 radical (unpaired) electrons. The normalized spacial score (nSPS) is 10.2. The number of unbranched alkanes of at least 4 members (excludes halogenated alkanes) is 4. The maximum atomic E-state index is 2.31. The summed E-state index contributed by atoms with van der Waals surface area (Å²) in [4.78, 5) is 0. The molecule has 0 aliphatic rings. The number of halogens is 2. The predicted molar refractivity (Wildman–Crippen MR) is 345 cm³/mol. The Labute approximate surface area is 534 Å². The summed E-state index contributed by atoms with van der Waals surface area (Å²) in [6.07, 6.45) is 15.2. The molecule has 0 nitrogen and oxygen atoms in total. The number of hydrogen-bond donors (Lipinski definition) is 0. The first-order valence-corrected chi connectivity index (χ1v) is 31.8. The van der Waals surface area contributed by atoms with Gasteiger partial charge in [0.2, 0.25) is 0 Å². The number of rotatable bonds is 16. The summed E-state index contributed by atoms with van der Waals surface area (Å²) in [5.74, 6) is 0. The number of benzene rings is 8. The van der Waals surface area contributed by atoms with Crippen molar-refractivity contribution in [1.29, 1.82) is 0 Å². The van der Waals surface area contributed by atoms with E-state index in [9.17, 15) is 0 Å². The molecule has 0 heterocycles. The van der Waals surface area contributed by atoms with Gasteiger partial charge in [-0.25, -0.2) is 0 Å². The molecule has 12 aromatic carbocycles. The standard InChI is InChI=1S/2C13H10.4C13H15.2ClH.2Zr/c2*1-3-7-12(8-4-1)11-13-9-5-2-6-10-13;4*1-2-3-6-11-9-12-7-4-5-8-13(12)10-11;;;;/h2*1-10H;4*4-5,7-10H,2-3,6H2,1H3;2*1H;;/q;;4*-1;;;2*+2/p-2. The van der Waals surface area contributed by atoms with Crippen molar-refractivity contribution in [2.45, 2.75) is 105 Å². The van der Waals surface area contributed by atoms with Gasteiger partial charge in [0.15, 0.2) is 0 Å². The molecule has 0 spiro atoms. The van der Waals surface area contributed by atoms with Crippen molar-refractivity contribution in [3.63, 3.8) is 0 Å². The van der Waals surface area contributed by atoms with Crippen LogP contribution in [0.2, 0.25) is 0 Å². The van der Waals surface area contributed by atoms with E-state index in [1.165, 1.54) is 220 Å². The Bertz CT molecular complexity index is 3020. The monoisotopic (exact) mass is 1270 g/mol. The van der Waals surface area contributed by atoms with Crippen LogP contribution in [0.3, 0.4) is 0 Å². The Morgan fingerprint density at radius 1 is 0.268 bits per heavy atom. The molecule has 82 heavy (non-hydrogen) atoms. The third-order valence-corrected chi connectivity index (χ3v) is 17.1. The van der Waals surface area contributed by atoms with Crippen molar-refractivity contribution in [2.24, 2.45) is 0 Å². The van der Waals surface area contributed by atoms with Gasteiger partial charge in [0, 0.05) is 0 Å². The fraction of sp³-hybridized carbons (Fsp3) is 0.205. The van der Waals surface area contributed by atoms with E-state index in [-0.39, 0.29) is 24.8 Å². The van der Waals surface area contributed by atoms with Gasteiger partial charge in [-0.15, -0.1) is 162 Å². The Balaban J connectivity index is 0.000000180. The summed E-state index contributed by atoms with van der Waals surface area (Å²) in [5, 5.41) is 11.1. The maximum absolute atomic E-state index is 2.31. The Morgan fingerprint density at radius 2 is 0.451 bits per heavy atom. The van der Waals surface area contributed by atoms with Crippen LogP contribution in [0.25, 0.3) is 43.1 Å². The second-order valence-corrected chi connectivity index (χ2v) is 23.1. The zero-order valence-electron chi connectivity index (χ0n) is 48.6. The molecule has 0 N–H and O–H groups in total. The Hall–Kier alpha value is -5.71. The van der Waals surface area contributed by atoms with Crippen LogP contribution in [0.1, 0.15) is 124 Å². The van der Waals surface area contributed by atoms with E-state index in [0.717, 1.165) is 0 Å². The molecular weight excluding hydrogens is 1190 g/mol. The van der Waals surface area contributed by atoms with Crippen molar-refractivity contribution in [2.75, 3.05) is 0 Å². The molecule has 0 bridgehead atoms. The van der Waals surface area contributed by atoms with E-state index in [1.54, 1.807) is 0 Å². The third kappa shape index (κ3) is 22.1. The van der Waals surface area contributed by atoms with Crippen LogP contribution < -0.4 is 24.8 Å². The second-order valence-electron chi connectivity index (χ2n) is 20.6. The van der Waals surface area contributed by atoms with Crippen LogP contribution in [0, 0.1) is 0 Å². The van der Waals surface area contributed by atoms with Crippen LogP contribution in [0.4, 0.5) is 0 Å². The molecule has 0 saturated heterocycles. The SMILES string of the molecule is CCCCc1cc2ccccc2[cH-]1.CCCCc1cc2ccccc2[cH-]1.CCCCc1cc2ccccc2[cH-]1.CCCCc1cc2ccccc2[cH-]1.[Cl-].[Cl-].[Zr+2]=[C](c1ccccc1)c1ccccc1.[Zr+2]=[C](c1ccccc1)c1ccccc1. The quantitative estimate of drug-likeness (QED) is 0.0846. The summed E-state index contributed by atoms with van der Waals surface area (Å²) in [5.41, 5.74) is 11.3. The molecule has 0 aliphatic heterocycles. The first-order chi connectivity index (χ1) is 39.3. The van der Waals surface area contributed by atoms with Gasteiger partial charge in [0.1, 0.15) is 0 Å². The summed E-state index contributed by atoms with van der Waals surface area (Å²) in [6, 6.07) is 95.0. The van der Waals surface area contributed by atoms with Gasteiger partial charge < -0.3 is 24.8 Å². The van der Waals surface area contributed by atoms with Crippen molar-refractivity contribution < 1.29 is 73.3 Å². The van der Waals surface area contributed by atoms with Gasteiger partial charge in [-0.2, -0.15) is 24.3 Å². The molecule has 0 fully saturated rings. The van der Waals surface area contributed by atoms with Crippen molar-refractivity contribution >= 4 is 49.5 Å². The Kier molecular flexibility index (Phi) is 31.3. The van der Waals surface area contributed by atoms with Crippen LogP contribution in [-0.4, -0.2) is 6.41 Å². The minimum absolute atomic E-state index is 0. The fourth-order valence-electron chi connectivity index (χ4n) is 9.71. The molecular formula is C78H80Cl2Zr2-2. The summed E-state index contributed by atoms with van der Waals surface area (Å²) in [6.45, 7) is 8.95. The van der Waals surface area contributed by atoms with E-state index >= 15 is 0 Å². The fourth-order valence-corrected chi connectivity index (χ4v) is 11.4. The van der Waals surface area contributed by atoms with E-state index in [4.69, 9.17) is 0 Å². The van der Waals surface area contributed by atoms with E-state index in [2.05, 4.69) is 295 Å². The topological polar surface area (TPSA) is 0 Å². The van der Waals surface area contributed by atoms with E-state index < -0.39 is 0 Å². The third-order valence-electron chi connectivity index (χ3n) is 14.2. The molecule has 0 unspecified atom stereocenters. The van der Waals surface area contributed by atoms with Gasteiger partial charge in [-0.1, -0.05) is 103 Å². The molecule has 0 atom stereocenters. The van der Waals surface area contributed by atoms with Gasteiger partial charge >= 0.3 is 198 Å². The van der Waals surface area contributed by atoms with Gasteiger partial charge in [-0.05, 0) is 25.7 Å². The van der Waals surface area contributed by atoms with Crippen molar-refractivity contribution in [3.8, 4) is 0 Å². The van der Waals surface area contributed by atoms with Gasteiger partial charge in [-0.3, -0.25) is 0 Å². The molecule has 0 amide bonds. The summed E-state index contributed by atoms with van der Waals surface area (Å²) < 4.78 is 2.83. The molecule has 12 aromatic rings. The number of aryl methyl sites for hydroxylation is 4. The summed E-state index contributed by atoms with van der Waals surface area (Å²) >= 11 is 2.92. The zero-order valence-corrected chi connectivity index (χ0v) is 55.1. The van der Waals surface area contributed by atoms with Crippen molar-refractivity contribution in [1.82, 2.24) is 0 Å². The minimum atomic E-state index is 0. The van der Waals surface area contributed by atoms with Crippen LogP contribution >= 0.6 is 0 Å². The van der Waals surface area contributed by atoms with Crippen LogP contribution in [0.5, 0.6) is 0 Å². The molecule has 12 rings (SSSR count). The second kappa shape index (κ2) is 38.2. The van der Waals surface area contributed by atoms with Crippen LogP contribution in [0.15, 0.2) is 267 Å². The first kappa shape index (κ1) is 67.1. The van der Waals surface area contributed by atoms with Crippen molar-refractivity contribution in [3.05, 3.63) is 311 Å². The average Bonchev–Trinajstić information content (AvgIpc) is 4.37. The zero-order chi connectivity index (χ0) is 56.0. The van der Waals surface area contributed by atoms with E-state index in [1.807, 2.05) is 0 Å². The molecule has 0 aromatic heterocycles. The van der Waals surface area contributed by atoms with Gasteiger partial charge in [0.25, 0.3) is 0 Å². The first-order valence-electron chi connectivity index (χ1n) is 29.3.